The molecule has 1 aliphatic rings. The van der Waals surface area contributed by atoms with Gasteiger partial charge in [-0.25, -0.2) is 4.39 Å². The normalized spacial score (nSPS) is 24.4. The summed E-state index contributed by atoms with van der Waals surface area (Å²) < 4.78 is 12.7. The van der Waals surface area contributed by atoms with Gasteiger partial charge in [0.25, 0.3) is 0 Å². The molecule has 3 nitrogen and oxygen atoms in total. The minimum atomic E-state index is -0.793. The zero-order chi connectivity index (χ0) is 10.1. The monoisotopic (exact) mass is 195 g/mol. The van der Waals surface area contributed by atoms with E-state index in [1.54, 1.807) is 12.1 Å². The number of carbonyl (C=O) groups is 1. The van der Waals surface area contributed by atoms with E-state index in [2.05, 4.69) is 5.32 Å². The molecule has 1 saturated carbocycles. The Hall–Kier alpha value is -1.58. The van der Waals surface area contributed by atoms with Gasteiger partial charge in [0.1, 0.15) is 5.82 Å². The number of rotatable bonds is 3. The van der Waals surface area contributed by atoms with Crippen molar-refractivity contribution < 1.29 is 14.3 Å². The average Bonchev–Trinajstić information content (AvgIpc) is 2.84. The fraction of sp³-hybridized carbons (Fsp3) is 0.300. The van der Waals surface area contributed by atoms with Crippen LogP contribution in [0.4, 0.5) is 10.1 Å². The highest BCUT2D eigenvalue weighted by Gasteiger charge is 2.43. The zero-order valence-corrected chi connectivity index (χ0v) is 7.40. The third-order valence-electron chi connectivity index (χ3n) is 2.28. The van der Waals surface area contributed by atoms with Crippen LogP contribution in [0.2, 0.25) is 0 Å². The second-order valence-electron chi connectivity index (χ2n) is 3.44. The molecule has 0 saturated heterocycles. The first kappa shape index (κ1) is 8.99. The molecule has 2 unspecified atom stereocenters. The lowest BCUT2D eigenvalue weighted by atomic mass is 10.3. The summed E-state index contributed by atoms with van der Waals surface area (Å²) in [6, 6.07) is 5.98. The summed E-state index contributed by atoms with van der Waals surface area (Å²) in [5.74, 6) is -1.43. The molecule has 0 spiro atoms. The Kier molecular flexibility index (Phi) is 2.11. The molecule has 4 heteroatoms. The van der Waals surface area contributed by atoms with E-state index in [4.69, 9.17) is 5.11 Å². The first-order chi connectivity index (χ1) is 6.66. The number of benzene rings is 1. The van der Waals surface area contributed by atoms with Crippen LogP contribution in [0, 0.1) is 11.7 Å². The van der Waals surface area contributed by atoms with Gasteiger partial charge in [0.2, 0.25) is 0 Å². The SMILES string of the molecule is O=C(O)C1CC1Nc1cccc(F)c1. The standard InChI is InChI=1S/C10H10FNO2/c11-6-2-1-3-7(4-6)12-9-5-8(9)10(13)14/h1-4,8-9,12H,5H2,(H,13,14). The third kappa shape index (κ3) is 1.84. The number of halogens is 1. The summed E-state index contributed by atoms with van der Waals surface area (Å²) in [5.41, 5.74) is 0.638. The van der Waals surface area contributed by atoms with Crippen LogP contribution in [0.1, 0.15) is 6.42 Å². The van der Waals surface area contributed by atoms with Gasteiger partial charge in [-0.05, 0) is 24.6 Å². The first-order valence-electron chi connectivity index (χ1n) is 4.42. The summed E-state index contributed by atoms with van der Waals surface area (Å²) in [4.78, 5) is 10.5. The molecule has 2 atom stereocenters. The Morgan fingerprint density at radius 2 is 2.36 bits per heavy atom. The number of hydrogen-bond acceptors (Lipinski definition) is 2. The van der Waals surface area contributed by atoms with Gasteiger partial charge in [0, 0.05) is 11.7 Å². The number of carboxylic acids is 1. The largest absolute Gasteiger partial charge is 0.481 e. The van der Waals surface area contributed by atoms with Crippen molar-refractivity contribution in [3.8, 4) is 0 Å². The number of anilines is 1. The van der Waals surface area contributed by atoms with Gasteiger partial charge in [0.15, 0.2) is 0 Å². The van der Waals surface area contributed by atoms with E-state index in [1.165, 1.54) is 12.1 Å². The molecule has 1 aromatic rings. The predicted octanol–water partition coefficient (Wildman–Crippen LogP) is 1.71. The Bertz CT molecular complexity index is 367. The zero-order valence-electron chi connectivity index (χ0n) is 7.40. The Labute approximate surface area is 80.6 Å². The van der Waals surface area contributed by atoms with Crippen LogP contribution in [0.15, 0.2) is 24.3 Å². The highest BCUT2D eigenvalue weighted by Crippen LogP contribution is 2.33. The molecule has 2 rings (SSSR count). The molecule has 1 aromatic carbocycles. The average molecular weight is 195 g/mol. The van der Waals surface area contributed by atoms with E-state index >= 15 is 0 Å². The third-order valence-corrected chi connectivity index (χ3v) is 2.28. The van der Waals surface area contributed by atoms with Crippen molar-refractivity contribution in [3.05, 3.63) is 30.1 Å². The van der Waals surface area contributed by atoms with Gasteiger partial charge in [0.05, 0.1) is 5.92 Å². The Balaban J connectivity index is 1.97. The second-order valence-corrected chi connectivity index (χ2v) is 3.44. The van der Waals surface area contributed by atoms with Crippen LogP contribution in [-0.4, -0.2) is 17.1 Å². The minimum Gasteiger partial charge on any atom is -0.481 e. The molecule has 1 fully saturated rings. The molecular formula is C10H10FNO2. The van der Waals surface area contributed by atoms with E-state index in [-0.39, 0.29) is 17.8 Å². The molecule has 0 aromatic heterocycles. The van der Waals surface area contributed by atoms with Crippen molar-refractivity contribution in [1.82, 2.24) is 0 Å². The summed E-state index contributed by atoms with van der Waals surface area (Å²) in [7, 11) is 0. The molecule has 14 heavy (non-hydrogen) atoms. The highest BCUT2D eigenvalue weighted by atomic mass is 19.1. The predicted molar refractivity (Wildman–Crippen MR) is 49.6 cm³/mol. The molecular weight excluding hydrogens is 185 g/mol. The summed E-state index contributed by atoms with van der Waals surface area (Å²) in [6.45, 7) is 0. The summed E-state index contributed by atoms with van der Waals surface area (Å²) >= 11 is 0. The highest BCUT2D eigenvalue weighted by molar-refractivity contribution is 5.75. The van der Waals surface area contributed by atoms with Crippen LogP contribution >= 0.6 is 0 Å². The Morgan fingerprint density at radius 1 is 1.57 bits per heavy atom. The van der Waals surface area contributed by atoms with Crippen molar-refractivity contribution in [2.75, 3.05) is 5.32 Å². The maximum Gasteiger partial charge on any atom is 0.308 e. The molecule has 1 aliphatic carbocycles. The minimum absolute atomic E-state index is 0.0469. The lowest BCUT2D eigenvalue weighted by Crippen LogP contribution is -2.10. The van der Waals surface area contributed by atoms with Gasteiger partial charge in [-0.15, -0.1) is 0 Å². The van der Waals surface area contributed by atoms with Crippen LogP contribution in [0.5, 0.6) is 0 Å². The van der Waals surface area contributed by atoms with E-state index < -0.39 is 5.97 Å². The van der Waals surface area contributed by atoms with Gasteiger partial charge in [-0.3, -0.25) is 4.79 Å². The van der Waals surface area contributed by atoms with Crippen molar-refractivity contribution in [2.45, 2.75) is 12.5 Å². The van der Waals surface area contributed by atoms with E-state index in [0.29, 0.717) is 12.1 Å². The van der Waals surface area contributed by atoms with Gasteiger partial charge in [-0.1, -0.05) is 6.07 Å². The fourth-order valence-electron chi connectivity index (χ4n) is 1.42. The van der Waals surface area contributed by atoms with E-state index in [9.17, 15) is 9.18 Å². The smallest absolute Gasteiger partial charge is 0.308 e. The van der Waals surface area contributed by atoms with Crippen molar-refractivity contribution in [2.24, 2.45) is 5.92 Å². The molecule has 0 bridgehead atoms. The molecule has 0 amide bonds. The first-order valence-corrected chi connectivity index (χ1v) is 4.42. The van der Waals surface area contributed by atoms with Crippen molar-refractivity contribution in [1.29, 1.82) is 0 Å². The number of carboxylic acid groups (broad SMARTS) is 1. The van der Waals surface area contributed by atoms with Gasteiger partial charge < -0.3 is 10.4 Å². The van der Waals surface area contributed by atoms with Crippen LogP contribution in [-0.2, 0) is 4.79 Å². The van der Waals surface area contributed by atoms with Gasteiger partial charge >= 0.3 is 5.97 Å². The summed E-state index contributed by atoms with van der Waals surface area (Å²) in [6.07, 6.45) is 0.617. The van der Waals surface area contributed by atoms with Crippen LogP contribution < -0.4 is 5.32 Å². The van der Waals surface area contributed by atoms with E-state index in [0.717, 1.165) is 0 Å². The quantitative estimate of drug-likeness (QED) is 0.771. The molecule has 0 heterocycles. The molecule has 2 N–H and O–H groups in total. The lowest BCUT2D eigenvalue weighted by Gasteiger charge is -2.03. The molecule has 0 aliphatic heterocycles. The fourth-order valence-corrected chi connectivity index (χ4v) is 1.42. The summed E-state index contributed by atoms with van der Waals surface area (Å²) in [5, 5.41) is 11.6. The van der Waals surface area contributed by atoms with Crippen molar-refractivity contribution in [3.63, 3.8) is 0 Å². The Morgan fingerprint density at radius 3 is 2.93 bits per heavy atom. The van der Waals surface area contributed by atoms with Crippen LogP contribution in [0.25, 0.3) is 0 Å². The second kappa shape index (κ2) is 3.29. The van der Waals surface area contributed by atoms with E-state index in [1.807, 2.05) is 0 Å². The number of aliphatic carboxylic acids is 1. The maximum atomic E-state index is 12.7. The number of nitrogens with one attached hydrogen (secondary N) is 1. The lowest BCUT2D eigenvalue weighted by molar-refractivity contribution is -0.138. The van der Waals surface area contributed by atoms with Gasteiger partial charge in [-0.2, -0.15) is 0 Å². The maximum absolute atomic E-state index is 12.7. The number of hydrogen-bond donors (Lipinski definition) is 2. The van der Waals surface area contributed by atoms with Crippen LogP contribution in [0.3, 0.4) is 0 Å². The topological polar surface area (TPSA) is 49.3 Å². The molecule has 74 valence electrons. The van der Waals surface area contributed by atoms with Crippen molar-refractivity contribution >= 4 is 11.7 Å². The molecule has 0 radical (unpaired) electrons.